The Balaban J connectivity index is 1.25. The molecule has 208 valence electrons. The smallest absolute Gasteiger partial charge is 0.317 e. The Kier molecular flexibility index (Phi) is 8.36. The summed E-state index contributed by atoms with van der Waals surface area (Å²) in [5.41, 5.74) is 5.15. The number of piperidine rings is 1. The van der Waals surface area contributed by atoms with Crippen LogP contribution < -0.4 is 10.1 Å². The molecule has 8 nitrogen and oxygen atoms in total. The van der Waals surface area contributed by atoms with Crippen LogP contribution in [0.15, 0.2) is 42.6 Å². The molecular weight excluding hydrogens is 524 g/mol. The summed E-state index contributed by atoms with van der Waals surface area (Å²) in [5, 5.41) is 22.6. The number of carbonyl (C=O) groups excluding carboxylic acids is 1. The second kappa shape index (κ2) is 12.1. The molecule has 0 saturated carbocycles. The van der Waals surface area contributed by atoms with E-state index in [1.165, 1.54) is 16.7 Å². The Bertz CT molecular complexity index is 1440. The van der Waals surface area contributed by atoms with Gasteiger partial charge in [0, 0.05) is 43.7 Å². The zero-order chi connectivity index (χ0) is 28.2. The SMILES string of the molecule is CC(C)Oc1ccc(-c2ncc(-c3cccc4c3CC[C@@H]4CNC(=O)N3CCC(CC(=O)O)CC3)s2)cc1C#N. The van der Waals surface area contributed by atoms with Gasteiger partial charge in [0.25, 0.3) is 0 Å². The number of carboxylic acids is 1. The molecule has 3 aromatic rings. The lowest BCUT2D eigenvalue weighted by Gasteiger charge is -2.31. The molecule has 1 aromatic heterocycles. The topological polar surface area (TPSA) is 116 Å². The molecule has 2 amide bonds. The summed E-state index contributed by atoms with van der Waals surface area (Å²) in [5.74, 6) is 0.221. The van der Waals surface area contributed by atoms with Gasteiger partial charge in [-0.1, -0.05) is 18.2 Å². The predicted octanol–water partition coefficient (Wildman–Crippen LogP) is 6.06. The third kappa shape index (κ3) is 6.13. The van der Waals surface area contributed by atoms with E-state index in [-0.39, 0.29) is 30.4 Å². The fourth-order valence-corrected chi connectivity index (χ4v) is 6.70. The summed E-state index contributed by atoms with van der Waals surface area (Å²) in [6.07, 6.45) is 5.47. The molecule has 1 saturated heterocycles. The minimum atomic E-state index is -0.768. The Morgan fingerprint density at radius 3 is 2.75 bits per heavy atom. The van der Waals surface area contributed by atoms with Crippen LogP contribution in [0.3, 0.4) is 0 Å². The van der Waals surface area contributed by atoms with Crippen LogP contribution in [0.4, 0.5) is 4.79 Å². The van der Waals surface area contributed by atoms with E-state index >= 15 is 0 Å². The summed E-state index contributed by atoms with van der Waals surface area (Å²) < 4.78 is 5.76. The van der Waals surface area contributed by atoms with Gasteiger partial charge in [-0.05, 0) is 80.3 Å². The van der Waals surface area contributed by atoms with Crippen molar-refractivity contribution in [2.75, 3.05) is 19.6 Å². The first-order chi connectivity index (χ1) is 19.3. The molecule has 0 radical (unpaired) electrons. The minimum absolute atomic E-state index is 0.00953. The largest absolute Gasteiger partial charge is 0.490 e. The van der Waals surface area contributed by atoms with Gasteiger partial charge in [0.05, 0.1) is 16.5 Å². The lowest BCUT2D eigenvalue weighted by atomic mass is 9.94. The van der Waals surface area contributed by atoms with Crippen molar-refractivity contribution in [3.63, 3.8) is 0 Å². The highest BCUT2D eigenvalue weighted by Crippen LogP contribution is 2.42. The van der Waals surface area contributed by atoms with Gasteiger partial charge in [-0.15, -0.1) is 11.3 Å². The average molecular weight is 559 g/mol. The number of ether oxygens (including phenoxy) is 1. The van der Waals surface area contributed by atoms with E-state index in [0.29, 0.717) is 30.9 Å². The number of benzene rings is 2. The molecule has 2 N–H and O–H groups in total. The van der Waals surface area contributed by atoms with Crippen LogP contribution in [-0.2, 0) is 11.2 Å². The van der Waals surface area contributed by atoms with Crippen molar-refractivity contribution in [1.29, 1.82) is 5.26 Å². The summed E-state index contributed by atoms with van der Waals surface area (Å²) in [4.78, 5) is 31.3. The van der Waals surface area contributed by atoms with Gasteiger partial charge in [-0.25, -0.2) is 9.78 Å². The predicted molar refractivity (Wildman–Crippen MR) is 154 cm³/mol. The van der Waals surface area contributed by atoms with Crippen LogP contribution in [0.5, 0.6) is 5.75 Å². The highest BCUT2D eigenvalue weighted by Gasteiger charge is 2.28. The highest BCUT2D eigenvalue weighted by molar-refractivity contribution is 7.18. The molecule has 1 aliphatic heterocycles. The number of nitrogens with one attached hydrogen (secondary N) is 1. The number of fused-ring (bicyclic) bond motifs is 1. The maximum absolute atomic E-state index is 12.8. The number of aromatic nitrogens is 1. The Labute approximate surface area is 238 Å². The number of rotatable bonds is 8. The molecule has 2 aliphatic rings. The Morgan fingerprint density at radius 1 is 1.23 bits per heavy atom. The number of nitriles is 1. The van der Waals surface area contributed by atoms with Crippen LogP contribution in [0.1, 0.15) is 62.1 Å². The number of carboxylic acid groups (broad SMARTS) is 1. The molecule has 0 bridgehead atoms. The number of aliphatic carboxylic acids is 1. The van der Waals surface area contributed by atoms with E-state index in [4.69, 9.17) is 9.84 Å². The van der Waals surface area contributed by atoms with E-state index < -0.39 is 5.97 Å². The van der Waals surface area contributed by atoms with Crippen LogP contribution in [0.25, 0.3) is 21.0 Å². The molecule has 1 aliphatic carbocycles. The number of carbonyl (C=O) groups is 2. The van der Waals surface area contributed by atoms with Crippen molar-refractivity contribution in [1.82, 2.24) is 15.2 Å². The maximum atomic E-state index is 12.8. The highest BCUT2D eigenvalue weighted by atomic mass is 32.1. The molecule has 5 rings (SSSR count). The first-order valence-electron chi connectivity index (χ1n) is 13.9. The van der Waals surface area contributed by atoms with Gasteiger partial charge in [0.15, 0.2) is 0 Å². The zero-order valence-electron chi connectivity index (χ0n) is 22.9. The quantitative estimate of drug-likeness (QED) is 0.347. The van der Waals surface area contributed by atoms with Crippen LogP contribution >= 0.6 is 11.3 Å². The molecule has 1 atom stereocenters. The maximum Gasteiger partial charge on any atom is 0.317 e. The van der Waals surface area contributed by atoms with Crippen molar-refractivity contribution < 1.29 is 19.4 Å². The zero-order valence-corrected chi connectivity index (χ0v) is 23.7. The fraction of sp³-hybridized carbons (Fsp3) is 0.419. The second-order valence-corrected chi connectivity index (χ2v) is 11.9. The second-order valence-electron chi connectivity index (χ2n) is 10.8. The van der Waals surface area contributed by atoms with E-state index in [0.717, 1.165) is 41.1 Å². The lowest BCUT2D eigenvalue weighted by molar-refractivity contribution is -0.138. The first-order valence-corrected chi connectivity index (χ1v) is 14.7. The third-order valence-electron chi connectivity index (χ3n) is 7.74. The van der Waals surface area contributed by atoms with Gasteiger partial charge in [-0.2, -0.15) is 5.26 Å². The number of hydrogen-bond acceptors (Lipinski definition) is 6. The van der Waals surface area contributed by atoms with Crippen LogP contribution in [0.2, 0.25) is 0 Å². The van der Waals surface area contributed by atoms with Crippen molar-refractivity contribution >= 4 is 23.3 Å². The number of nitrogens with zero attached hydrogens (tertiary/aromatic N) is 3. The van der Waals surface area contributed by atoms with E-state index in [9.17, 15) is 14.9 Å². The Morgan fingerprint density at radius 2 is 2.02 bits per heavy atom. The molecule has 2 heterocycles. The number of hydrogen-bond donors (Lipinski definition) is 2. The number of amides is 2. The van der Waals surface area contributed by atoms with Gasteiger partial charge in [0.1, 0.15) is 16.8 Å². The third-order valence-corrected chi connectivity index (χ3v) is 8.82. The molecule has 2 aromatic carbocycles. The van der Waals surface area contributed by atoms with E-state index in [2.05, 4.69) is 34.6 Å². The average Bonchev–Trinajstić information content (AvgIpc) is 3.59. The van der Waals surface area contributed by atoms with Crippen LogP contribution in [0, 0.1) is 17.2 Å². The normalized spacial score (nSPS) is 16.9. The minimum Gasteiger partial charge on any atom is -0.490 e. The molecule has 0 unspecified atom stereocenters. The summed E-state index contributed by atoms with van der Waals surface area (Å²) >= 11 is 1.61. The standard InChI is InChI=1S/C31H34N4O4S/c1-19(2)39-27-9-7-21(15-23(27)16-32)30-33-18-28(40-30)26-5-3-4-24-22(6-8-25(24)26)17-34-31(38)35-12-10-20(11-13-35)14-29(36)37/h3-5,7,9,15,18-20,22H,6,8,10-14,17H2,1-2H3,(H,34,38)(H,36,37)/t22-/m1/s1. The fourth-order valence-electron chi connectivity index (χ4n) is 5.73. The van der Waals surface area contributed by atoms with E-state index in [1.807, 2.05) is 43.1 Å². The number of likely N-dealkylation sites (tertiary alicyclic amines) is 1. The molecular formula is C31H34N4O4S. The summed E-state index contributed by atoms with van der Waals surface area (Å²) in [7, 11) is 0. The molecule has 0 spiro atoms. The number of urea groups is 1. The number of thiazole rings is 1. The monoisotopic (exact) mass is 558 g/mol. The van der Waals surface area contributed by atoms with Crippen LogP contribution in [-0.4, -0.2) is 52.7 Å². The summed E-state index contributed by atoms with van der Waals surface area (Å²) in [6, 6.07) is 14.2. The molecule has 40 heavy (non-hydrogen) atoms. The van der Waals surface area contributed by atoms with Gasteiger partial charge < -0.3 is 20.1 Å². The van der Waals surface area contributed by atoms with Crippen molar-refractivity contribution in [3.05, 3.63) is 59.3 Å². The first kappa shape index (κ1) is 27.7. The van der Waals surface area contributed by atoms with Crippen molar-refractivity contribution in [2.45, 2.75) is 58.0 Å². The van der Waals surface area contributed by atoms with Crippen molar-refractivity contribution in [2.24, 2.45) is 5.92 Å². The van der Waals surface area contributed by atoms with Gasteiger partial charge in [0.2, 0.25) is 0 Å². The molecule has 1 fully saturated rings. The molecule has 9 heteroatoms. The lowest BCUT2D eigenvalue weighted by Crippen LogP contribution is -2.45. The Hall–Kier alpha value is -3.90. The summed E-state index contributed by atoms with van der Waals surface area (Å²) in [6.45, 7) is 5.67. The van der Waals surface area contributed by atoms with Crippen molar-refractivity contribution in [3.8, 4) is 32.8 Å². The van der Waals surface area contributed by atoms with E-state index in [1.54, 1.807) is 11.3 Å². The van der Waals surface area contributed by atoms with Gasteiger partial charge in [-0.3, -0.25) is 4.79 Å². The van der Waals surface area contributed by atoms with Gasteiger partial charge >= 0.3 is 12.0 Å².